The first-order chi connectivity index (χ1) is 14.9. The van der Waals surface area contributed by atoms with Gasteiger partial charge in [0, 0.05) is 39.3 Å². The molecule has 0 unspecified atom stereocenters. The van der Waals surface area contributed by atoms with Crippen molar-refractivity contribution in [2.45, 2.75) is 25.9 Å². The number of carboxylic acids is 1. The van der Waals surface area contributed by atoms with Crippen molar-refractivity contribution in [3.8, 4) is 0 Å². The van der Waals surface area contributed by atoms with Crippen LogP contribution in [-0.4, -0.2) is 85.8 Å². The SMILES string of the molecule is CCCCN(CCS(=O)(=O)N1CCNCC1)C(=O)c1ccccc1F.O=C(O)C(F)(F)F. The molecule has 2 N–H and O–H groups in total. The van der Waals surface area contributed by atoms with Gasteiger partial charge >= 0.3 is 12.1 Å². The highest BCUT2D eigenvalue weighted by molar-refractivity contribution is 7.89. The number of carbonyl (C=O) groups excluding carboxylic acids is 1. The van der Waals surface area contributed by atoms with E-state index >= 15 is 0 Å². The molecule has 182 valence electrons. The number of piperazine rings is 1. The van der Waals surface area contributed by atoms with E-state index in [2.05, 4.69) is 5.32 Å². The molecule has 1 amide bonds. The minimum absolute atomic E-state index is 0.0156. The Morgan fingerprint density at radius 1 is 1.16 bits per heavy atom. The molecule has 1 heterocycles. The van der Waals surface area contributed by atoms with E-state index in [1.807, 2.05) is 6.92 Å². The molecule has 1 fully saturated rings. The van der Waals surface area contributed by atoms with Crippen LogP contribution in [-0.2, 0) is 14.8 Å². The maximum Gasteiger partial charge on any atom is 0.490 e. The summed E-state index contributed by atoms with van der Waals surface area (Å²) < 4.78 is 72.0. The number of carboxylic acid groups (broad SMARTS) is 1. The molecule has 1 aliphatic rings. The van der Waals surface area contributed by atoms with Crippen molar-refractivity contribution < 1.29 is 40.7 Å². The number of benzene rings is 1. The normalized spacial score (nSPS) is 14.9. The zero-order chi connectivity index (χ0) is 24.4. The number of hydrogen-bond donors (Lipinski definition) is 2. The summed E-state index contributed by atoms with van der Waals surface area (Å²) in [4.78, 5) is 23.0. The van der Waals surface area contributed by atoms with Crippen LogP contribution in [0.4, 0.5) is 17.6 Å². The number of sulfonamides is 1. The molecule has 2 rings (SSSR count). The number of rotatable bonds is 8. The van der Waals surface area contributed by atoms with E-state index in [0.717, 1.165) is 12.8 Å². The Bertz CT molecular complexity index is 859. The minimum atomic E-state index is -5.08. The number of carbonyl (C=O) groups is 2. The summed E-state index contributed by atoms with van der Waals surface area (Å²) >= 11 is 0. The van der Waals surface area contributed by atoms with Crippen molar-refractivity contribution in [3.63, 3.8) is 0 Å². The second-order valence-corrected chi connectivity index (χ2v) is 8.98. The molecule has 8 nitrogen and oxygen atoms in total. The Hall–Kier alpha value is -2.25. The standard InChI is InChI=1S/C17H26FN3O3S.C2HF3O2/c1-2-3-10-20(17(22)15-6-4-5-7-16(15)18)13-14-25(23,24)21-11-8-19-9-12-21;3-2(4,5)1(6)7/h4-7,19H,2-3,8-14H2,1H3;(H,6,7). The highest BCUT2D eigenvalue weighted by Gasteiger charge is 2.38. The van der Waals surface area contributed by atoms with Crippen molar-refractivity contribution in [3.05, 3.63) is 35.6 Å². The monoisotopic (exact) mass is 485 g/mol. The van der Waals surface area contributed by atoms with Crippen LogP contribution in [0.3, 0.4) is 0 Å². The van der Waals surface area contributed by atoms with Crippen LogP contribution in [0, 0.1) is 5.82 Å². The summed E-state index contributed by atoms with van der Waals surface area (Å²) in [6, 6.07) is 5.80. The fourth-order valence-corrected chi connectivity index (χ4v) is 4.19. The van der Waals surface area contributed by atoms with Gasteiger partial charge in [-0.15, -0.1) is 0 Å². The van der Waals surface area contributed by atoms with E-state index in [-0.39, 0.29) is 17.9 Å². The number of amides is 1. The molecule has 1 saturated heterocycles. The largest absolute Gasteiger partial charge is 0.490 e. The maximum atomic E-state index is 13.9. The number of nitrogens with one attached hydrogen (secondary N) is 1. The first-order valence-corrected chi connectivity index (χ1v) is 11.5. The topological polar surface area (TPSA) is 107 Å². The molecule has 0 aliphatic carbocycles. The molecular weight excluding hydrogens is 458 g/mol. The van der Waals surface area contributed by atoms with Crippen LogP contribution in [0.2, 0.25) is 0 Å². The van der Waals surface area contributed by atoms with E-state index in [1.54, 1.807) is 6.07 Å². The summed E-state index contributed by atoms with van der Waals surface area (Å²) in [5.74, 6) is -3.94. The molecule has 0 saturated carbocycles. The van der Waals surface area contributed by atoms with Crippen LogP contribution in [0.5, 0.6) is 0 Å². The molecule has 0 bridgehead atoms. The van der Waals surface area contributed by atoms with Crippen molar-refractivity contribution in [1.29, 1.82) is 0 Å². The first-order valence-electron chi connectivity index (χ1n) is 9.92. The van der Waals surface area contributed by atoms with Crippen LogP contribution in [0.15, 0.2) is 24.3 Å². The highest BCUT2D eigenvalue weighted by atomic mass is 32.2. The Kier molecular flexibility index (Phi) is 11.0. The number of halogens is 4. The summed E-state index contributed by atoms with van der Waals surface area (Å²) in [7, 11) is -3.42. The Morgan fingerprint density at radius 3 is 2.22 bits per heavy atom. The molecule has 1 aromatic rings. The third-order valence-electron chi connectivity index (χ3n) is 4.50. The second-order valence-electron chi connectivity index (χ2n) is 6.89. The summed E-state index contributed by atoms with van der Waals surface area (Å²) in [5.41, 5.74) is -0.0156. The molecular formula is C19H27F4N3O5S. The molecule has 0 spiro atoms. The van der Waals surface area contributed by atoms with Gasteiger partial charge < -0.3 is 15.3 Å². The fourth-order valence-electron chi connectivity index (χ4n) is 2.75. The lowest BCUT2D eigenvalue weighted by atomic mass is 10.1. The Labute approximate surface area is 184 Å². The van der Waals surface area contributed by atoms with Gasteiger partial charge in [-0.1, -0.05) is 25.5 Å². The molecule has 32 heavy (non-hydrogen) atoms. The maximum absolute atomic E-state index is 13.9. The van der Waals surface area contributed by atoms with Crippen molar-refractivity contribution in [1.82, 2.24) is 14.5 Å². The van der Waals surface area contributed by atoms with E-state index in [9.17, 15) is 30.8 Å². The van der Waals surface area contributed by atoms with Crippen LogP contribution >= 0.6 is 0 Å². The van der Waals surface area contributed by atoms with Crippen molar-refractivity contribution >= 4 is 21.9 Å². The summed E-state index contributed by atoms with van der Waals surface area (Å²) in [5, 5.41) is 10.2. The number of nitrogens with zero attached hydrogens (tertiary/aromatic N) is 2. The van der Waals surface area contributed by atoms with Crippen molar-refractivity contribution in [2.75, 3.05) is 45.0 Å². The van der Waals surface area contributed by atoms with E-state index < -0.39 is 33.9 Å². The van der Waals surface area contributed by atoms with E-state index in [0.29, 0.717) is 32.7 Å². The molecule has 0 aromatic heterocycles. The van der Waals surface area contributed by atoms with Crippen molar-refractivity contribution in [2.24, 2.45) is 0 Å². The molecule has 13 heteroatoms. The summed E-state index contributed by atoms with van der Waals surface area (Å²) in [6.45, 7) is 4.63. The van der Waals surface area contributed by atoms with Crippen LogP contribution in [0.25, 0.3) is 0 Å². The van der Waals surface area contributed by atoms with E-state index in [1.165, 1.54) is 27.4 Å². The predicted molar refractivity (Wildman–Crippen MR) is 109 cm³/mol. The number of alkyl halides is 3. The second kappa shape index (κ2) is 12.7. The van der Waals surface area contributed by atoms with Gasteiger partial charge in [-0.25, -0.2) is 17.6 Å². The third kappa shape index (κ3) is 9.09. The van der Waals surface area contributed by atoms with Gasteiger partial charge in [0.25, 0.3) is 5.91 Å². The molecule has 0 radical (unpaired) electrons. The highest BCUT2D eigenvalue weighted by Crippen LogP contribution is 2.13. The first kappa shape index (κ1) is 27.8. The number of unbranched alkanes of at least 4 members (excludes halogenated alkanes) is 1. The zero-order valence-electron chi connectivity index (χ0n) is 17.6. The van der Waals surface area contributed by atoms with E-state index in [4.69, 9.17) is 9.90 Å². The Balaban J connectivity index is 0.000000633. The van der Waals surface area contributed by atoms with Crippen LogP contribution < -0.4 is 5.32 Å². The van der Waals surface area contributed by atoms with Gasteiger partial charge in [-0.3, -0.25) is 4.79 Å². The lowest BCUT2D eigenvalue weighted by Crippen LogP contribution is -2.48. The van der Waals surface area contributed by atoms with Gasteiger partial charge in [0.15, 0.2) is 0 Å². The predicted octanol–water partition coefficient (Wildman–Crippen LogP) is 1.94. The third-order valence-corrected chi connectivity index (χ3v) is 6.35. The lowest BCUT2D eigenvalue weighted by molar-refractivity contribution is -0.192. The van der Waals surface area contributed by atoms with Gasteiger partial charge in [0.2, 0.25) is 10.0 Å². The summed E-state index contributed by atoms with van der Waals surface area (Å²) in [6.07, 6.45) is -3.47. The van der Waals surface area contributed by atoms with Gasteiger partial charge in [0.1, 0.15) is 5.82 Å². The average molecular weight is 486 g/mol. The lowest BCUT2D eigenvalue weighted by Gasteiger charge is -2.28. The Morgan fingerprint density at radius 2 is 1.72 bits per heavy atom. The smallest absolute Gasteiger partial charge is 0.475 e. The molecule has 1 aliphatic heterocycles. The fraction of sp³-hybridized carbons (Fsp3) is 0.579. The van der Waals surface area contributed by atoms with Gasteiger partial charge in [-0.05, 0) is 18.6 Å². The quantitative estimate of drug-likeness (QED) is 0.545. The van der Waals surface area contributed by atoms with Crippen LogP contribution in [0.1, 0.15) is 30.1 Å². The number of aliphatic carboxylic acids is 1. The average Bonchev–Trinajstić information content (AvgIpc) is 2.74. The zero-order valence-corrected chi connectivity index (χ0v) is 18.4. The molecule has 0 atom stereocenters. The van der Waals surface area contributed by atoms with Gasteiger partial charge in [-0.2, -0.15) is 17.5 Å². The molecule has 1 aromatic carbocycles. The minimum Gasteiger partial charge on any atom is -0.475 e. The number of hydrogen-bond acceptors (Lipinski definition) is 5. The van der Waals surface area contributed by atoms with Gasteiger partial charge in [0.05, 0.1) is 11.3 Å².